The van der Waals surface area contributed by atoms with Gasteiger partial charge in [0.15, 0.2) is 0 Å². The molecular weight excluding hydrogens is 376 g/mol. The van der Waals surface area contributed by atoms with Crippen LogP contribution in [-0.4, -0.2) is 57.7 Å². The number of rotatable bonds is 20. The monoisotopic (exact) mass is 425 g/mol. The summed E-state index contributed by atoms with van der Waals surface area (Å²) in [5.41, 5.74) is 0. The van der Waals surface area contributed by atoms with Crippen molar-refractivity contribution < 1.29 is 18.8 Å². The van der Waals surface area contributed by atoms with Gasteiger partial charge in [-0.15, -0.1) is 0 Å². The predicted molar refractivity (Wildman–Crippen MR) is 126 cm³/mol. The molecule has 5 nitrogen and oxygen atoms in total. The summed E-state index contributed by atoms with van der Waals surface area (Å²) in [7, 11) is 7.98. The Morgan fingerprint density at radius 1 is 0.733 bits per heavy atom. The summed E-state index contributed by atoms with van der Waals surface area (Å²) in [6.07, 6.45) is 20.9. The fourth-order valence-electron chi connectivity index (χ4n) is 3.35. The second-order valence-electron chi connectivity index (χ2n) is 9.38. The quantitative estimate of drug-likeness (QED) is 0.123. The summed E-state index contributed by atoms with van der Waals surface area (Å²) in [6, 6.07) is 0. The largest absolute Gasteiger partial charge is 0.469 e. The van der Waals surface area contributed by atoms with Crippen LogP contribution >= 0.6 is 0 Å². The van der Waals surface area contributed by atoms with Crippen LogP contribution in [0.1, 0.15) is 96.3 Å². The SMILES string of the molecule is COC(=O)CCCCCCC/C=C/CCCCCCCC(=O)NCCC[N+](C)(C)C. The molecule has 0 spiro atoms. The van der Waals surface area contributed by atoms with Crippen molar-refractivity contribution >= 4 is 11.9 Å². The molecule has 0 aliphatic carbocycles. The van der Waals surface area contributed by atoms with E-state index in [1.165, 1.54) is 58.5 Å². The summed E-state index contributed by atoms with van der Waals surface area (Å²) in [4.78, 5) is 22.8. The molecule has 0 rings (SSSR count). The number of hydrogen-bond acceptors (Lipinski definition) is 3. The summed E-state index contributed by atoms with van der Waals surface area (Å²) in [5.74, 6) is 0.118. The maximum Gasteiger partial charge on any atom is 0.305 e. The molecule has 0 saturated heterocycles. The minimum absolute atomic E-state index is 0.0926. The van der Waals surface area contributed by atoms with E-state index >= 15 is 0 Å². The number of amides is 1. The number of esters is 1. The van der Waals surface area contributed by atoms with Crippen LogP contribution in [0.25, 0.3) is 0 Å². The first kappa shape index (κ1) is 28.6. The van der Waals surface area contributed by atoms with Crippen molar-refractivity contribution in [1.29, 1.82) is 0 Å². The Balaban J connectivity index is 3.28. The number of methoxy groups -OCH3 is 1. The van der Waals surface area contributed by atoms with Crippen molar-refractivity contribution in [3.8, 4) is 0 Å². The third-order valence-corrected chi connectivity index (χ3v) is 5.25. The highest BCUT2D eigenvalue weighted by molar-refractivity contribution is 5.75. The Labute approximate surface area is 186 Å². The number of carbonyl (C=O) groups is 2. The lowest BCUT2D eigenvalue weighted by Crippen LogP contribution is -2.37. The van der Waals surface area contributed by atoms with Crippen LogP contribution in [0.2, 0.25) is 0 Å². The first-order valence-electron chi connectivity index (χ1n) is 12.1. The van der Waals surface area contributed by atoms with Crippen molar-refractivity contribution in [2.24, 2.45) is 0 Å². The van der Waals surface area contributed by atoms with Gasteiger partial charge in [0.1, 0.15) is 0 Å². The second-order valence-corrected chi connectivity index (χ2v) is 9.38. The second kappa shape index (κ2) is 19.6. The average Bonchev–Trinajstić information content (AvgIpc) is 2.69. The maximum atomic E-state index is 11.8. The van der Waals surface area contributed by atoms with Gasteiger partial charge < -0.3 is 14.5 Å². The normalized spacial score (nSPS) is 11.7. The Hall–Kier alpha value is -1.36. The first-order valence-corrected chi connectivity index (χ1v) is 12.1. The summed E-state index contributed by atoms with van der Waals surface area (Å²) >= 11 is 0. The van der Waals surface area contributed by atoms with E-state index in [1.54, 1.807) is 0 Å². The molecule has 30 heavy (non-hydrogen) atoms. The van der Waals surface area contributed by atoms with E-state index < -0.39 is 0 Å². The number of ether oxygens (including phenoxy) is 1. The Morgan fingerprint density at radius 2 is 1.23 bits per heavy atom. The van der Waals surface area contributed by atoms with Gasteiger partial charge in [-0.2, -0.15) is 0 Å². The van der Waals surface area contributed by atoms with E-state index in [0.29, 0.717) is 12.8 Å². The van der Waals surface area contributed by atoms with E-state index in [9.17, 15) is 9.59 Å². The predicted octanol–water partition coefficient (Wildman–Crippen LogP) is 5.39. The van der Waals surface area contributed by atoms with Crippen LogP contribution < -0.4 is 5.32 Å². The molecule has 5 heteroatoms. The molecule has 0 unspecified atom stereocenters. The van der Waals surface area contributed by atoms with Crippen molar-refractivity contribution in [2.75, 3.05) is 41.3 Å². The Morgan fingerprint density at radius 3 is 1.77 bits per heavy atom. The number of carbonyl (C=O) groups excluding carboxylic acids is 2. The zero-order chi connectivity index (χ0) is 22.5. The molecule has 1 amide bonds. The molecule has 1 N–H and O–H groups in total. The van der Waals surface area contributed by atoms with E-state index in [4.69, 9.17) is 0 Å². The van der Waals surface area contributed by atoms with Gasteiger partial charge in [-0.25, -0.2) is 0 Å². The lowest BCUT2D eigenvalue weighted by molar-refractivity contribution is -0.870. The number of unbranched alkanes of at least 4 members (excludes halogenated alkanes) is 10. The van der Waals surface area contributed by atoms with Gasteiger partial charge in [0.25, 0.3) is 0 Å². The van der Waals surface area contributed by atoms with Gasteiger partial charge >= 0.3 is 5.97 Å². The molecule has 0 bridgehead atoms. The highest BCUT2D eigenvalue weighted by Gasteiger charge is 2.06. The molecule has 176 valence electrons. The lowest BCUT2D eigenvalue weighted by Gasteiger charge is -2.23. The van der Waals surface area contributed by atoms with E-state index in [1.807, 2.05) is 0 Å². The zero-order valence-electron chi connectivity index (χ0n) is 20.3. The molecule has 0 fully saturated rings. The van der Waals surface area contributed by atoms with Crippen LogP contribution in [0.3, 0.4) is 0 Å². The fourth-order valence-corrected chi connectivity index (χ4v) is 3.35. The standard InChI is InChI=1S/C25H48N2O3/c1-27(2,3)23-19-22-26-24(28)20-17-15-13-11-9-7-5-6-8-10-12-14-16-18-21-25(29)30-4/h5-6H,7-23H2,1-4H3/p+1/b6-5+. The molecule has 0 radical (unpaired) electrons. The highest BCUT2D eigenvalue weighted by Crippen LogP contribution is 2.10. The molecular formula is C25H49N2O3+. The van der Waals surface area contributed by atoms with Crippen LogP contribution in [-0.2, 0) is 14.3 Å². The average molecular weight is 426 g/mol. The van der Waals surface area contributed by atoms with Gasteiger partial charge in [0, 0.05) is 25.8 Å². The Kier molecular flexibility index (Phi) is 18.7. The van der Waals surface area contributed by atoms with Crippen LogP contribution in [0.15, 0.2) is 12.2 Å². The van der Waals surface area contributed by atoms with Gasteiger partial charge in [-0.05, 0) is 38.5 Å². The molecule has 0 aromatic carbocycles. The molecule has 0 aliphatic rings. The smallest absolute Gasteiger partial charge is 0.305 e. The summed E-state index contributed by atoms with van der Waals surface area (Å²) in [5, 5.41) is 3.04. The summed E-state index contributed by atoms with van der Waals surface area (Å²) < 4.78 is 5.59. The van der Waals surface area contributed by atoms with Crippen LogP contribution in [0.4, 0.5) is 0 Å². The molecule has 0 aliphatic heterocycles. The molecule has 0 aromatic heterocycles. The molecule has 0 saturated carbocycles. The third kappa shape index (κ3) is 22.9. The lowest BCUT2D eigenvalue weighted by atomic mass is 10.1. The topological polar surface area (TPSA) is 55.4 Å². The number of hydrogen-bond donors (Lipinski definition) is 1. The molecule has 0 atom stereocenters. The third-order valence-electron chi connectivity index (χ3n) is 5.25. The molecule has 0 aromatic rings. The fraction of sp³-hybridized carbons (Fsp3) is 0.840. The molecule has 0 heterocycles. The van der Waals surface area contributed by atoms with Gasteiger partial charge in [0.2, 0.25) is 5.91 Å². The number of nitrogens with zero attached hydrogens (tertiary/aromatic N) is 1. The van der Waals surface area contributed by atoms with Crippen molar-refractivity contribution in [1.82, 2.24) is 5.32 Å². The highest BCUT2D eigenvalue weighted by atomic mass is 16.5. The minimum Gasteiger partial charge on any atom is -0.469 e. The van der Waals surface area contributed by atoms with Gasteiger partial charge in [0.05, 0.1) is 34.8 Å². The number of allylic oxidation sites excluding steroid dienone is 2. The number of nitrogens with one attached hydrogen (secondary N) is 1. The minimum atomic E-state index is -0.0926. The van der Waals surface area contributed by atoms with Crippen LogP contribution in [0.5, 0.6) is 0 Å². The Bertz CT molecular complexity index is 456. The summed E-state index contributed by atoms with van der Waals surface area (Å²) in [6.45, 7) is 1.89. The van der Waals surface area contributed by atoms with E-state index in [0.717, 1.165) is 49.7 Å². The van der Waals surface area contributed by atoms with Crippen LogP contribution in [0, 0.1) is 0 Å². The van der Waals surface area contributed by atoms with Crippen molar-refractivity contribution in [3.05, 3.63) is 12.2 Å². The number of quaternary nitrogens is 1. The van der Waals surface area contributed by atoms with E-state index in [2.05, 4.69) is 43.3 Å². The van der Waals surface area contributed by atoms with E-state index in [-0.39, 0.29) is 11.9 Å². The zero-order valence-corrected chi connectivity index (χ0v) is 20.3. The van der Waals surface area contributed by atoms with Crippen molar-refractivity contribution in [3.63, 3.8) is 0 Å². The van der Waals surface area contributed by atoms with Gasteiger partial charge in [-0.1, -0.05) is 50.7 Å². The van der Waals surface area contributed by atoms with Gasteiger partial charge in [-0.3, -0.25) is 9.59 Å². The maximum absolute atomic E-state index is 11.8. The van der Waals surface area contributed by atoms with Crippen molar-refractivity contribution in [2.45, 2.75) is 96.3 Å². The first-order chi connectivity index (χ1) is 14.3.